The summed E-state index contributed by atoms with van der Waals surface area (Å²) in [6.45, 7) is 9.49. The minimum Gasteiger partial charge on any atom is -0.498 e. The molecule has 0 aliphatic carbocycles. The molecule has 0 bridgehead atoms. The van der Waals surface area contributed by atoms with Crippen molar-refractivity contribution in [3.05, 3.63) is 23.7 Å². The first-order valence-corrected chi connectivity index (χ1v) is 11.5. The average Bonchev–Trinajstić information content (AvgIpc) is 2.76. The highest BCUT2D eigenvalue weighted by Gasteiger charge is 2.09. The third kappa shape index (κ3) is 16.9. The summed E-state index contributed by atoms with van der Waals surface area (Å²) in [6, 6.07) is 0. The molecule has 0 aromatic rings. The Hall–Kier alpha value is -1.98. The molecule has 0 spiro atoms. The number of rotatable bonds is 19. The predicted molar refractivity (Wildman–Crippen MR) is 119 cm³/mol. The summed E-state index contributed by atoms with van der Waals surface area (Å²) in [4.78, 5) is 23.4. The maximum atomic E-state index is 11.7. The highest BCUT2D eigenvalue weighted by Crippen LogP contribution is 2.11. The van der Waals surface area contributed by atoms with Gasteiger partial charge in [-0.2, -0.15) is 0 Å². The van der Waals surface area contributed by atoms with Gasteiger partial charge in [-0.1, -0.05) is 40.5 Å². The van der Waals surface area contributed by atoms with Gasteiger partial charge in [-0.05, 0) is 49.7 Å². The van der Waals surface area contributed by atoms with Crippen LogP contribution in [0.4, 0.5) is 0 Å². The fraction of sp³-hybridized carbons (Fsp3) is 0.750. The summed E-state index contributed by atoms with van der Waals surface area (Å²) < 4.78 is 21.0. The molecule has 0 saturated heterocycles. The Bertz CT molecular complexity index is 464. The van der Waals surface area contributed by atoms with Crippen LogP contribution in [0.15, 0.2) is 23.7 Å². The number of hydrogen-bond donors (Lipinski definition) is 0. The Labute approximate surface area is 183 Å². The summed E-state index contributed by atoms with van der Waals surface area (Å²) in [5.41, 5.74) is 2.52. The van der Waals surface area contributed by atoms with Crippen molar-refractivity contribution >= 4 is 11.9 Å². The molecule has 0 aliphatic heterocycles. The molecule has 0 aliphatic rings. The molecule has 0 saturated carbocycles. The van der Waals surface area contributed by atoms with Gasteiger partial charge in [0.25, 0.3) is 0 Å². The van der Waals surface area contributed by atoms with Crippen molar-refractivity contribution in [3.63, 3.8) is 0 Å². The van der Waals surface area contributed by atoms with E-state index >= 15 is 0 Å². The van der Waals surface area contributed by atoms with E-state index < -0.39 is 11.9 Å². The third-order valence-corrected chi connectivity index (χ3v) is 4.57. The number of esters is 2. The molecule has 0 aromatic carbocycles. The van der Waals surface area contributed by atoms with E-state index in [1.54, 1.807) is 12.5 Å². The highest BCUT2D eigenvalue weighted by atomic mass is 16.6. The Morgan fingerprint density at radius 3 is 1.33 bits per heavy atom. The molecule has 0 atom stereocenters. The molecule has 0 rings (SSSR count). The fourth-order valence-corrected chi connectivity index (χ4v) is 2.55. The molecular formula is C24H42O6. The van der Waals surface area contributed by atoms with Gasteiger partial charge in [0.15, 0.2) is 0 Å². The molecule has 6 heteroatoms. The van der Waals surface area contributed by atoms with E-state index in [-0.39, 0.29) is 26.1 Å². The maximum Gasteiger partial charge on any atom is 0.306 e. The number of carbonyl (C=O) groups excluding carboxylic acids is 2. The molecule has 0 fully saturated rings. The zero-order valence-electron chi connectivity index (χ0n) is 19.5. The highest BCUT2D eigenvalue weighted by molar-refractivity contribution is 5.77. The second kappa shape index (κ2) is 20.3. The van der Waals surface area contributed by atoms with Gasteiger partial charge < -0.3 is 18.9 Å². The fourth-order valence-electron chi connectivity index (χ4n) is 2.55. The molecular weight excluding hydrogens is 384 g/mol. The zero-order chi connectivity index (χ0) is 22.5. The number of hydrogen-bond acceptors (Lipinski definition) is 6. The first kappa shape index (κ1) is 28.0. The van der Waals surface area contributed by atoms with Crippen molar-refractivity contribution in [1.29, 1.82) is 0 Å². The lowest BCUT2D eigenvalue weighted by Crippen LogP contribution is -2.14. The van der Waals surface area contributed by atoms with Crippen LogP contribution in [0.3, 0.4) is 0 Å². The second-order valence-corrected chi connectivity index (χ2v) is 7.15. The standard InChI is InChI=1S/C24H42O6/c1-5-9-11-21(7-3)19-27-15-17-29-23(25)13-14-24(26)30-18-16-28-20-22(8-4)12-10-6-2/h19-20H,5-18H2,1-4H3. The van der Waals surface area contributed by atoms with Crippen LogP contribution in [-0.4, -0.2) is 38.4 Å². The van der Waals surface area contributed by atoms with Crippen molar-refractivity contribution < 1.29 is 28.5 Å². The number of allylic oxidation sites excluding steroid dienone is 2. The van der Waals surface area contributed by atoms with E-state index in [0.29, 0.717) is 13.2 Å². The Morgan fingerprint density at radius 2 is 1.00 bits per heavy atom. The molecule has 6 nitrogen and oxygen atoms in total. The second-order valence-electron chi connectivity index (χ2n) is 7.15. The van der Waals surface area contributed by atoms with E-state index in [1.165, 1.54) is 11.1 Å². The summed E-state index contributed by atoms with van der Waals surface area (Å²) in [5, 5.41) is 0. The average molecular weight is 427 g/mol. The molecule has 0 aromatic heterocycles. The van der Waals surface area contributed by atoms with Crippen molar-refractivity contribution in [2.45, 2.75) is 91.9 Å². The van der Waals surface area contributed by atoms with Crippen LogP contribution in [-0.2, 0) is 28.5 Å². The van der Waals surface area contributed by atoms with Crippen LogP contribution in [0.1, 0.15) is 91.9 Å². The first-order chi connectivity index (χ1) is 14.6. The lowest BCUT2D eigenvalue weighted by molar-refractivity contribution is -0.151. The normalized spacial score (nSPS) is 11.9. The van der Waals surface area contributed by atoms with Gasteiger partial charge in [0.2, 0.25) is 0 Å². The van der Waals surface area contributed by atoms with E-state index in [0.717, 1.165) is 51.4 Å². The van der Waals surface area contributed by atoms with Gasteiger partial charge in [-0.3, -0.25) is 9.59 Å². The molecule has 30 heavy (non-hydrogen) atoms. The first-order valence-electron chi connectivity index (χ1n) is 11.5. The molecule has 0 unspecified atom stereocenters. The SMILES string of the molecule is CCCCC(=COCCOC(=O)CCC(=O)OCCOC=C(CC)CCCC)CC. The van der Waals surface area contributed by atoms with E-state index in [9.17, 15) is 9.59 Å². The van der Waals surface area contributed by atoms with Crippen LogP contribution in [0.2, 0.25) is 0 Å². The maximum absolute atomic E-state index is 11.7. The Balaban J connectivity index is 3.77. The predicted octanol–water partition coefficient (Wildman–Crippen LogP) is 5.85. The number of carbonyl (C=O) groups is 2. The van der Waals surface area contributed by atoms with Gasteiger partial charge in [0.1, 0.15) is 26.4 Å². The van der Waals surface area contributed by atoms with Gasteiger partial charge in [0, 0.05) is 0 Å². The minimum absolute atomic E-state index is 0.00312. The van der Waals surface area contributed by atoms with E-state index in [2.05, 4.69) is 27.7 Å². The van der Waals surface area contributed by atoms with Crippen LogP contribution in [0.5, 0.6) is 0 Å². The van der Waals surface area contributed by atoms with Crippen molar-refractivity contribution in [3.8, 4) is 0 Å². The van der Waals surface area contributed by atoms with Crippen LogP contribution in [0, 0.1) is 0 Å². The molecule has 0 N–H and O–H groups in total. The topological polar surface area (TPSA) is 71.1 Å². The van der Waals surface area contributed by atoms with Crippen LogP contribution in [0.25, 0.3) is 0 Å². The molecule has 0 heterocycles. The van der Waals surface area contributed by atoms with E-state index in [1.807, 2.05) is 0 Å². The minimum atomic E-state index is -0.427. The van der Waals surface area contributed by atoms with E-state index in [4.69, 9.17) is 18.9 Å². The summed E-state index contributed by atoms with van der Waals surface area (Å²) in [7, 11) is 0. The Morgan fingerprint density at radius 1 is 0.600 bits per heavy atom. The lowest BCUT2D eigenvalue weighted by atomic mass is 10.1. The summed E-state index contributed by atoms with van der Waals surface area (Å²) >= 11 is 0. The van der Waals surface area contributed by atoms with Crippen molar-refractivity contribution in [2.24, 2.45) is 0 Å². The van der Waals surface area contributed by atoms with Crippen molar-refractivity contribution in [1.82, 2.24) is 0 Å². The summed E-state index contributed by atoms with van der Waals surface area (Å²) in [5.74, 6) is -0.854. The number of ether oxygens (including phenoxy) is 4. The number of unbranched alkanes of at least 4 members (excludes halogenated alkanes) is 2. The van der Waals surface area contributed by atoms with Crippen molar-refractivity contribution in [2.75, 3.05) is 26.4 Å². The molecule has 0 radical (unpaired) electrons. The molecule has 0 amide bonds. The van der Waals surface area contributed by atoms with Gasteiger partial charge in [-0.25, -0.2) is 0 Å². The van der Waals surface area contributed by atoms with Crippen LogP contribution >= 0.6 is 0 Å². The Kier molecular flexibility index (Phi) is 19.0. The third-order valence-electron chi connectivity index (χ3n) is 4.57. The van der Waals surface area contributed by atoms with Gasteiger partial charge in [-0.15, -0.1) is 0 Å². The van der Waals surface area contributed by atoms with Crippen LogP contribution < -0.4 is 0 Å². The van der Waals surface area contributed by atoms with Gasteiger partial charge >= 0.3 is 11.9 Å². The molecule has 174 valence electrons. The smallest absolute Gasteiger partial charge is 0.306 e. The lowest BCUT2D eigenvalue weighted by Gasteiger charge is -2.08. The monoisotopic (exact) mass is 426 g/mol. The zero-order valence-corrected chi connectivity index (χ0v) is 19.5. The summed E-state index contributed by atoms with van der Waals surface area (Å²) in [6.07, 6.45) is 12.1. The van der Waals surface area contributed by atoms with Gasteiger partial charge in [0.05, 0.1) is 25.4 Å². The largest absolute Gasteiger partial charge is 0.498 e. The quantitative estimate of drug-likeness (QED) is 0.146.